The molecule has 2 aromatic rings. The summed E-state index contributed by atoms with van der Waals surface area (Å²) in [6.45, 7) is 2.51. The van der Waals surface area contributed by atoms with Gasteiger partial charge in [-0.2, -0.15) is 0 Å². The highest BCUT2D eigenvalue weighted by Gasteiger charge is 2.23. The summed E-state index contributed by atoms with van der Waals surface area (Å²) in [5, 5.41) is 11.1. The summed E-state index contributed by atoms with van der Waals surface area (Å²) in [7, 11) is 0. The van der Waals surface area contributed by atoms with Crippen molar-refractivity contribution in [1.82, 2.24) is 9.55 Å². The topological polar surface area (TPSA) is 89.0 Å². The van der Waals surface area contributed by atoms with Crippen LogP contribution in [0.3, 0.4) is 0 Å². The summed E-state index contributed by atoms with van der Waals surface area (Å²) in [6.07, 6.45) is 6.24. The molecule has 6 heteroatoms. The largest absolute Gasteiger partial charge is 0.491 e. The quantitative estimate of drug-likeness (QED) is 0.740. The van der Waals surface area contributed by atoms with Crippen LogP contribution < -0.4 is 15.8 Å². The van der Waals surface area contributed by atoms with Crippen molar-refractivity contribution in [3.8, 4) is 5.75 Å². The Morgan fingerprint density at radius 3 is 3.09 bits per heavy atom. The van der Waals surface area contributed by atoms with Gasteiger partial charge in [-0.05, 0) is 31.2 Å². The molecule has 1 aliphatic heterocycles. The van der Waals surface area contributed by atoms with Crippen LogP contribution in [-0.4, -0.2) is 28.9 Å². The van der Waals surface area contributed by atoms with Gasteiger partial charge in [0.25, 0.3) is 0 Å². The number of benzene rings is 1. The fourth-order valence-corrected chi connectivity index (χ4v) is 3.06. The number of anilines is 1. The zero-order valence-electron chi connectivity index (χ0n) is 13.0. The molecule has 1 fully saturated rings. The third kappa shape index (κ3) is 2.54. The molecule has 0 atom stereocenters. The van der Waals surface area contributed by atoms with Gasteiger partial charge in [0, 0.05) is 37.3 Å². The number of allylic oxidation sites excluding steroid dienone is 1. The Labute approximate surface area is 134 Å². The molecule has 1 aromatic carbocycles. The van der Waals surface area contributed by atoms with E-state index in [2.05, 4.69) is 22.0 Å². The minimum Gasteiger partial charge on any atom is -0.491 e. The van der Waals surface area contributed by atoms with E-state index in [0.717, 1.165) is 53.7 Å². The van der Waals surface area contributed by atoms with E-state index in [1.54, 1.807) is 0 Å². The molecule has 1 aliphatic carbocycles. The Kier molecular flexibility index (Phi) is 3.44. The molecular weight excluding hydrogens is 290 g/mol. The lowest BCUT2D eigenvalue weighted by Crippen LogP contribution is -2.05. The zero-order valence-corrected chi connectivity index (χ0v) is 13.0. The molecule has 2 heterocycles. The van der Waals surface area contributed by atoms with Gasteiger partial charge in [-0.15, -0.1) is 0 Å². The van der Waals surface area contributed by atoms with Gasteiger partial charge in [0.2, 0.25) is 0 Å². The van der Waals surface area contributed by atoms with Crippen molar-refractivity contribution < 1.29 is 4.74 Å². The highest BCUT2D eigenvalue weighted by molar-refractivity contribution is 6.08. The second-order valence-electron chi connectivity index (χ2n) is 6.22. The number of hydrogen-bond acceptors (Lipinski definition) is 5. The first-order valence-corrected chi connectivity index (χ1v) is 8.14. The van der Waals surface area contributed by atoms with E-state index >= 15 is 0 Å². The van der Waals surface area contributed by atoms with Crippen molar-refractivity contribution in [3.63, 3.8) is 0 Å². The SMILES string of the molecule is N=CC(=CN)c1nc2cc(NCC3CC3)cc3c2n1CCCO3. The molecule has 2 aliphatic rings. The summed E-state index contributed by atoms with van der Waals surface area (Å²) in [5.41, 5.74) is 9.22. The molecule has 120 valence electrons. The van der Waals surface area contributed by atoms with E-state index in [9.17, 15) is 0 Å². The molecule has 0 bridgehead atoms. The smallest absolute Gasteiger partial charge is 0.147 e. The summed E-state index contributed by atoms with van der Waals surface area (Å²) in [4.78, 5) is 4.71. The number of ether oxygens (including phenoxy) is 1. The van der Waals surface area contributed by atoms with Crippen LogP contribution in [0.1, 0.15) is 25.1 Å². The van der Waals surface area contributed by atoms with E-state index in [1.165, 1.54) is 25.3 Å². The van der Waals surface area contributed by atoms with Gasteiger partial charge in [-0.1, -0.05) is 0 Å². The summed E-state index contributed by atoms with van der Waals surface area (Å²) in [6, 6.07) is 4.13. The fourth-order valence-electron chi connectivity index (χ4n) is 3.06. The standard InChI is InChI=1S/C17H21N5O/c18-8-12(9-19)17-21-14-6-13(20-10-11-2-3-11)7-15-16(14)22(17)4-1-5-23-15/h6-9,11,18,20H,1-5,10,19H2. The second-order valence-corrected chi connectivity index (χ2v) is 6.22. The summed E-state index contributed by atoms with van der Waals surface area (Å²) < 4.78 is 8.05. The van der Waals surface area contributed by atoms with Crippen LogP contribution in [-0.2, 0) is 6.54 Å². The van der Waals surface area contributed by atoms with Gasteiger partial charge in [0.15, 0.2) is 0 Å². The Morgan fingerprint density at radius 2 is 2.35 bits per heavy atom. The Morgan fingerprint density at radius 1 is 1.48 bits per heavy atom. The second kappa shape index (κ2) is 5.61. The number of nitrogens with one attached hydrogen (secondary N) is 2. The molecule has 6 nitrogen and oxygen atoms in total. The molecule has 4 rings (SSSR count). The lowest BCUT2D eigenvalue weighted by Gasteiger charge is -2.09. The highest BCUT2D eigenvalue weighted by atomic mass is 16.5. The fraction of sp³-hybridized carbons (Fsp3) is 0.412. The van der Waals surface area contributed by atoms with Crippen molar-refractivity contribution in [1.29, 1.82) is 5.41 Å². The maximum absolute atomic E-state index is 7.56. The van der Waals surface area contributed by atoms with Gasteiger partial charge < -0.3 is 25.8 Å². The van der Waals surface area contributed by atoms with E-state index < -0.39 is 0 Å². The molecule has 0 radical (unpaired) electrons. The summed E-state index contributed by atoms with van der Waals surface area (Å²) >= 11 is 0. The number of rotatable bonds is 5. The van der Waals surface area contributed by atoms with E-state index in [1.807, 2.05) is 0 Å². The van der Waals surface area contributed by atoms with Gasteiger partial charge in [-0.3, -0.25) is 0 Å². The number of aryl methyl sites for hydroxylation is 1. The van der Waals surface area contributed by atoms with Crippen LogP contribution in [0.5, 0.6) is 5.75 Å². The van der Waals surface area contributed by atoms with Gasteiger partial charge in [-0.25, -0.2) is 4.98 Å². The number of nitrogens with zero attached hydrogens (tertiary/aromatic N) is 2. The van der Waals surface area contributed by atoms with Crippen molar-refractivity contribution >= 4 is 28.5 Å². The minimum atomic E-state index is 0.626. The molecule has 23 heavy (non-hydrogen) atoms. The lowest BCUT2D eigenvalue weighted by molar-refractivity contribution is 0.315. The van der Waals surface area contributed by atoms with Crippen molar-refractivity contribution in [2.24, 2.45) is 11.7 Å². The van der Waals surface area contributed by atoms with Crippen LogP contribution in [0.15, 0.2) is 18.3 Å². The normalized spacial score (nSPS) is 17.7. The molecular formula is C17H21N5O. The van der Waals surface area contributed by atoms with Gasteiger partial charge >= 0.3 is 0 Å². The number of aromatic nitrogens is 2. The molecule has 0 spiro atoms. The first-order chi connectivity index (χ1) is 11.3. The minimum absolute atomic E-state index is 0.626. The van der Waals surface area contributed by atoms with Crippen LogP contribution in [0.4, 0.5) is 5.69 Å². The predicted molar refractivity (Wildman–Crippen MR) is 92.0 cm³/mol. The lowest BCUT2D eigenvalue weighted by atomic mass is 10.2. The first kappa shape index (κ1) is 14.1. The third-order valence-electron chi connectivity index (χ3n) is 4.48. The first-order valence-electron chi connectivity index (χ1n) is 8.14. The molecule has 0 unspecified atom stereocenters. The van der Waals surface area contributed by atoms with Crippen LogP contribution in [0.2, 0.25) is 0 Å². The van der Waals surface area contributed by atoms with Crippen LogP contribution in [0.25, 0.3) is 16.6 Å². The van der Waals surface area contributed by atoms with Crippen molar-refractivity contribution in [2.75, 3.05) is 18.5 Å². The average molecular weight is 311 g/mol. The zero-order chi connectivity index (χ0) is 15.8. The molecule has 0 saturated heterocycles. The van der Waals surface area contributed by atoms with Crippen LogP contribution in [0, 0.1) is 11.3 Å². The van der Waals surface area contributed by atoms with Crippen LogP contribution >= 0.6 is 0 Å². The molecule has 0 amide bonds. The number of nitrogens with two attached hydrogens (primary N) is 1. The van der Waals surface area contributed by atoms with Crippen molar-refractivity contribution in [2.45, 2.75) is 25.8 Å². The number of imidazole rings is 1. The maximum atomic E-state index is 7.56. The Bertz CT molecular complexity index is 788. The van der Waals surface area contributed by atoms with Crippen molar-refractivity contribution in [3.05, 3.63) is 24.2 Å². The van der Waals surface area contributed by atoms with E-state index in [-0.39, 0.29) is 0 Å². The maximum Gasteiger partial charge on any atom is 0.147 e. The third-order valence-corrected chi connectivity index (χ3v) is 4.48. The predicted octanol–water partition coefficient (Wildman–Crippen LogP) is 2.59. The van der Waals surface area contributed by atoms with E-state index in [4.69, 9.17) is 20.9 Å². The average Bonchev–Trinajstić information content (AvgIpc) is 3.34. The van der Waals surface area contributed by atoms with Gasteiger partial charge in [0.05, 0.1) is 17.7 Å². The summed E-state index contributed by atoms with van der Waals surface area (Å²) in [5.74, 6) is 2.41. The van der Waals surface area contributed by atoms with E-state index in [0.29, 0.717) is 12.2 Å². The Balaban J connectivity index is 1.82. The van der Waals surface area contributed by atoms with Gasteiger partial charge in [0.1, 0.15) is 17.1 Å². The highest BCUT2D eigenvalue weighted by Crippen LogP contribution is 2.35. The molecule has 1 saturated carbocycles. The molecule has 4 N–H and O–H groups in total. The number of hydrogen-bond donors (Lipinski definition) is 3. The Hall–Kier alpha value is -2.50. The monoisotopic (exact) mass is 311 g/mol. The molecule has 1 aromatic heterocycles.